The third kappa shape index (κ3) is 1.66. The van der Waals surface area contributed by atoms with Crippen LogP contribution < -0.4 is 11.5 Å². The first-order valence-electron chi connectivity index (χ1n) is 4.67. The highest BCUT2D eigenvalue weighted by Gasteiger charge is 2.08. The number of aryl methyl sites for hydroxylation is 1. The molecule has 2 aromatic rings. The van der Waals surface area contributed by atoms with E-state index >= 15 is 0 Å². The molecule has 4 nitrogen and oxygen atoms in total. The molecule has 0 spiro atoms. The molecule has 0 aliphatic carbocycles. The SMILES string of the molecule is Cc1cc(-c2cc(N)no2)cc(N)c1C. The number of hydrogen-bond donors (Lipinski definition) is 2. The zero-order valence-corrected chi connectivity index (χ0v) is 8.74. The minimum absolute atomic E-state index is 0.377. The van der Waals surface area contributed by atoms with Crippen molar-refractivity contribution < 1.29 is 4.52 Å². The van der Waals surface area contributed by atoms with Crippen LogP contribution in [0.25, 0.3) is 11.3 Å². The predicted octanol–water partition coefficient (Wildman–Crippen LogP) is 2.12. The lowest BCUT2D eigenvalue weighted by Gasteiger charge is -2.06. The first kappa shape index (κ1) is 9.58. The maximum Gasteiger partial charge on any atom is 0.169 e. The number of nitrogens with zero attached hydrogens (tertiary/aromatic N) is 1. The number of aromatic nitrogens is 1. The Hall–Kier alpha value is -1.97. The largest absolute Gasteiger partial charge is 0.398 e. The van der Waals surface area contributed by atoms with Gasteiger partial charge in [0, 0.05) is 17.3 Å². The van der Waals surface area contributed by atoms with Gasteiger partial charge >= 0.3 is 0 Å². The monoisotopic (exact) mass is 203 g/mol. The molecule has 0 amide bonds. The minimum atomic E-state index is 0.377. The highest BCUT2D eigenvalue weighted by molar-refractivity contribution is 5.68. The molecule has 0 aliphatic heterocycles. The van der Waals surface area contributed by atoms with Crippen molar-refractivity contribution in [1.82, 2.24) is 5.16 Å². The first-order valence-corrected chi connectivity index (χ1v) is 4.67. The molecule has 4 N–H and O–H groups in total. The summed E-state index contributed by atoms with van der Waals surface area (Å²) in [6.45, 7) is 4.00. The number of rotatable bonds is 1. The Labute approximate surface area is 87.9 Å². The van der Waals surface area contributed by atoms with Gasteiger partial charge in [-0.15, -0.1) is 0 Å². The van der Waals surface area contributed by atoms with Crippen molar-refractivity contribution in [2.75, 3.05) is 11.5 Å². The van der Waals surface area contributed by atoms with E-state index in [4.69, 9.17) is 16.0 Å². The predicted molar refractivity (Wildman–Crippen MR) is 60.2 cm³/mol. The van der Waals surface area contributed by atoms with Gasteiger partial charge in [-0.3, -0.25) is 0 Å². The van der Waals surface area contributed by atoms with Crippen LogP contribution >= 0.6 is 0 Å². The standard InChI is InChI=1S/C11H13N3O/c1-6-3-8(4-9(12)7(6)2)10-5-11(13)14-15-10/h3-5H,12H2,1-2H3,(H2,13,14). The molecule has 0 unspecified atom stereocenters. The van der Waals surface area contributed by atoms with E-state index in [1.165, 1.54) is 0 Å². The maximum absolute atomic E-state index is 5.87. The molecular weight excluding hydrogens is 190 g/mol. The normalized spacial score (nSPS) is 10.5. The lowest BCUT2D eigenvalue weighted by molar-refractivity contribution is 0.436. The van der Waals surface area contributed by atoms with Gasteiger partial charge in [0.1, 0.15) is 0 Å². The van der Waals surface area contributed by atoms with Crippen molar-refractivity contribution in [2.45, 2.75) is 13.8 Å². The molecule has 0 bridgehead atoms. The van der Waals surface area contributed by atoms with Crippen LogP contribution in [0.2, 0.25) is 0 Å². The lowest BCUT2D eigenvalue weighted by Crippen LogP contribution is -1.93. The van der Waals surface area contributed by atoms with E-state index in [1.807, 2.05) is 26.0 Å². The van der Waals surface area contributed by atoms with Gasteiger partial charge in [0.25, 0.3) is 0 Å². The topological polar surface area (TPSA) is 78.1 Å². The molecule has 4 heteroatoms. The van der Waals surface area contributed by atoms with Crippen molar-refractivity contribution in [3.8, 4) is 11.3 Å². The Kier molecular flexibility index (Phi) is 2.11. The van der Waals surface area contributed by atoms with Gasteiger partial charge in [0.05, 0.1) is 0 Å². The molecule has 0 radical (unpaired) electrons. The number of anilines is 2. The smallest absolute Gasteiger partial charge is 0.169 e. The van der Waals surface area contributed by atoms with Gasteiger partial charge in [-0.1, -0.05) is 5.16 Å². The van der Waals surface area contributed by atoms with Crippen LogP contribution in [0, 0.1) is 13.8 Å². The molecule has 2 rings (SSSR count). The summed E-state index contributed by atoms with van der Waals surface area (Å²) in [5.74, 6) is 1.02. The molecule has 78 valence electrons. The van der Waals surface area contributed by atoms with E-state index in [-0.39, 0.29) is 0 Å². The van der Waals surface area contributed by atoms with Gasteiger partial charge < -0.3 is 16.0 Å². The Morgan fingerprint density at radius 2 is 1.87 bits per heavy atom. The van der Waals surface area contributed by atoms with Crippen LogP contribution in [-0.2, 0) is 0 Å². The fourth-order valence-electron chi connectivity index (χ4n) is 1.45. The van der Waals surface area contributed by atoms with Crippen LogP contribution in [0.4, 0.5) is 11.5 Å². The molecule has 0 fully saturated rings. The van der Waals surface area contributed by atoms with Crippen molar-refractivity contribution in [1.29, 1.82) is 0 Å². The van der Waals surface area contributed by atoms with Crippen LogP contribution in [0.15, 0.2) is 22.7 Å². The van der Waals surface area contributed by atoms with Gasteiger partial charge in [-0.25, -0.2) is 0 Å². The highest BCUT2D eigenvalue weighted by atomic mass is 16.5. The van der Waals surface area contributed by atoms with Crippen molar-refractivity contribution in [3.63, 3.8) is 0 Å². The summed E-state index contributed by atoms with van der Waals surface area (Å²) in [7, 11) is 0. The minimum Gasteiger partial charge on any atom is -0.398 e. The molecule has 0 saturated heterocycles. The third-order valence-electron chi connectivity index (χ3n) is 2.52. The second-order valence-corrected chi connectivity index (χ2v) is 3.62. The van der Waals surface area contributed by atoms with E-state index < -0.39 is 0 Å². The molecule has 1 aromatic heterocycles. The highest BCUT2D eigenvalue weighted by Crippen LogP contribution is 2.27. The summed E-state index contributed by atoms with van der Waals surface area (Å²) < 4.78 is 5.07. The Balaban J connectivity index is 2.55. The molecule has 1 aromatic carbocycles. The first-order chi connectivity index (χ1) is 7.08. The number of nitrogens with two attached hydrogens (primary N) is 2. The molecule has 0 atom stereocenters. The van der Waals surface area contributed by atoms with Crippen LogP contribution in [0.1, 0.15) is 11.1 Å². The van der Waals surface area contributed by atoms with Crippen LogP contribution in [-0.4, -0.2) is 5.16 Å². The van der Waals surface area contributed by atoms with E-state index in [1.54, 1.807) is 6.07 Å². The fraction of sp³-hybridized carbons (Fsp3) is 0.182. The number of nitrogen functional groups attached to an aromatic ring is 2. The van der Waals surface area contributed by atoms with E-state index in [2.05, 4.69) is 5.16 Å². The molecule has 0 aliphatic rings. The van der Waals surface area contributed by atoms with Gasteiger partial charge in [0.2, 0.25) is 0 Å². The molecule has 0 saturated carbocycles. The van der Waals surface area contributed by atoms with Crippen molar-refractivity contribution in [2.24, 2.45) is 0 Å². The third-order valence-corrected chi connectivity index (χ3v) is 2.52. The Morgan fingerprint density at radius 3 is 2.40 bits per heavy atom. The van der Waals surface area contributed by atoms with Crippen LogP contribution in [0.5, 0.6) is 0 Å². The fourth-order valence-corrected chi connectivity index (χ4v) is 1.45. The second kappa shape index (κ2) is 3.31. The molecule has 15 heavy (non-hydrogen) atoms. The summed E-state index contributed by atoms with van der Waals surface area (Å²) in [5, 5.41) is 3.64. The maximum atomic E-state index is 5.87. The van der Waals surface area contributed by atoms with Crippen molar-refractivity contribution >= 4 is 11.5 Å². The average molecular weight is 203 g/mol. The number of hydrogen-bond acceptors (Lipinski definition) is 4. The van der Waals surface area contributed by atoms with Gasteiger partial charge in [-0.05, 0) is 37.1 Å². The van der Waals surface area contributed by atoms with E-state index in [9.17, 15) is 0 Å². The average Bonchev–Trinajstić information content (AvgIpc) is 2.60. The van der Waals surface area contributed by atoms with E-state index in [0.717, 1.165) is 22.4 Å². The Morgan fingerprint density at radius 1 is 1.13 bits per heavy atom. The van der Waals surface area contributed by atoms with Gasteiger partial charge in [0.15, 0.2) is 11.6 Å². The second-order valence-electron chi connectivity index (χ2n) is 3.62. The lowest BCUT2D eigenvalue weighted by atomic mass is 10.0. The Bertz CT molecular complexity index is 479. The molecular formula is C11H13N3O. The zero-order chi connectivity index (χ0) is 11.0. The van der Waals surface area contributed by atoms with Gasteiger partial charge in [-0.2, -0.15) is 0 Å². The summed E-state index contributed by atoms with van der Waals surface area (Å²) in [4.78, 5) is 0. The van der Waals surface area contributed by atoms with Crippen LogP contribution in [0.3, 0.4) is 0 Å². The summed E-state index contributed by atoms with van der Waals surface area (Å²) in [6.07, 6.45) is 0. The summed E-state index contributed by atoms with van der Waals surface area (Å²) in [6, 6.07) is 5.55. The summed E-state index contributed by atoms with van der Waals surface area (Å²) in [5.41, 5.74) is 15.2. The zero-order valence-electron chi connectivity index (χ0n) is 8.74. The molecule has 1 heterocycles. The van der Waals surface area contributed by atoms with E-state index in [0.29, 0.717) is 11.6 Å². The quantitative estimate of drug-likeness (QED) is 0.696. The van der Waals surface area contributed by atoms with Crippen molar-refractivity contribution in [3.05, 3.63) is 29.3 Å². The summed E-state index contributed by atoms with van der Waals surface area (Å²) >= 11 is 0. The number of benzene rings is 1.